The Balaban J connectivity index is 2.16. The van der Waals surface area contributed by atoms with Crippen LogP contribution in [0.2, 0.25) is 0 Å². The zero-order valence-corrected chi connectivity index (χ0v) is 13.3. The second-order valence-electron chi connectivity index (χ2n) is 5.21. The van der Waals surface area contributed by atoms with Crippen molar-refractivity contribution < 1.29 is 14.3 Å². The molecule has 2 aromatic rings. The highest BCUT2D eigenvalue weighted by molar-refractivity contribution is 5.95. The summed E-state index contributed by atoms with van der Waals surface area (Å²) in [4.78, 5) is 12.4. The molecule has 0 bridgehead atoms. The van der Waals surface area contributed by atoms with E-state index < -0.39 is 0 Å². The number of hydrogen-bond acceptors (Lipinski definition) is 3. The first-order chi connectivity index (χ1) is 10.5. The number of carbonyl (C=O) groups excluding carboxylic acids is 1. The largest absolute Gasteiger partial charge is 0.497 e. The first kappa shape index (κ1) is 15.9. The van der Waals surface area contributed by atoms with Gasteiger partial charge in [0.25, 0.3) is 5.91 Å². The average Bonchev–Trinajstić information content (AvgIpc) is 2.54. The van der Waals surface area contributed by atoms with Gasteiger partial charge in [0, 0.05) is 11.6 Å². The topological polar surface area (TPSA) is 47.6 Å². The Bertz CT molecular complexity index is 628. The maximum Gasteiger partial charge on any atom is 0.252 e. The summed E-state index contributed by atoms with van der Waals surface area (Å²) in [6.45, 7) is 4.00. The summed E-state index contributed by atoms with van der Waals surface area (Å²) in [5, 5.41) is 2.98. The average molecular weight is 299 g/mol. The van der Waals surface area contributed by atoms with Crippen molar-refractivity contribution >= 4 is 5.91 Å². The van der Waals surface area contributed by atoms with Crippen LogP contribution in [0.1, 0.15) is 34.5 Å². The van der Waals surface area contributed by atoms with Crippen molar-refractivity contribution in [2.75, 3.05) is 14.2 Å². The quantitative estimate of drug-likeness (QED) is 0.919. The summed E-state index contributed by atoms with van der Waals surface area (Å²) < 4.78 is 10.4. The molecule has 0 heterocycles. The molecule has 0 saturated carbocycles. The van der Waals surface area contributed by atoms with E-state index in [0.29, 0.717) is 17.1 Å². The van der Waals surface area contributed by atoms with Gasteiger partial charge < -0.3 is 14.8 Å². The van der Waals surface area contributed by atoms with Gasteiger partial charge in [0.2, 0.25) is 0 Å². The van der Waals surface area contributed by atoms with Gasteiger partial charge in [0.1, 0.15) is 11.5 Å². The van der Waals surface area contributed by atoms with Gasteiger partial charge in [0.15, 0.2) is 0 Å². The monoisotopic (exact) mass is 299 g/mol. The summed E-state index contributed by atoms with van der Waals surface area (Å²) in [6, 6.07) is 13.2. The van der Waals surface area contributed by atoms with Crippen molar-refractivity contribution in [3.05, 3.63) is 59.2 Å². The van der Waals surface area contributed by atoms with Gasteiger partial charge in [-0.25, -0.2) is 0 Å². The van der Waals surface area contributed by atoms with Gasteiger partial charge in [-0.1, -0.05) is 29.8 Å². The minimum absolute atomic E-state index is 0.0784. The molecule has 0 aromatic heterocycles. The van der Waals surface area contributed by atoms with E-state index in [1.54, 1.807) is 32.4 Å². The van der Waals surface area contributed by atoms with Crippen LogP contribution in [0.4, 0.5) is 0 Å². The molecule has 22 heavy (non-hydrogen) atoms. The molecule has 4 nitrogen and oxygen atoms in total. The number of carbonyl (C=O) groups is 1. The maximum atomic E-state index is 12.4. The molecule has 0 aliphatic carbocycles. The van der Waals surface area contributed by atoms with Crippen LogP contribution in [0.5, 0.6) is 11.5 Å². The number of benzene rings is 2. The summed E-state index contributed by atoms with van der Waals surface area (Å²) in [6.07, 6.45) is 0. The number of nitrogens with one attached hydrogen (secondary N) is 1. The van der Waals surface area contributed by atoms with Crippen LogP contribution >= 0.6 is 0 Å². The van der Waals surface area contributed by atoms with Gasteiger partial charge in [-0.15, -0.1) is 0 Å². The Kier molecular flexibility index (Phi) is 5.04. The lowest BCUT2D eigenvalue weighted by Crippen LogP contribution is -2.26. The van der Waals surface area contributed by atoms with Crippen molar-refractivity contribution in [1.29, 1.82) is 0 Å². The molecule has 0 aliphatic heterocycles. The van der Waals surface area contributed by atoms with Crippen LogP contribution in [0.25, 0.3) is 0 Å². The second kappa shape index (κ2) is 6.98. The molecular weight excluding hydrogens is 278 g/mol. The van der Waals surface area contributed by atoms with E-state index in [1.165, 1.54) is 5.56 Å². The van der Waals surface area contributed by atoms with Gasteiger partial charge in [-0.05, 0) is 31.5 Å². The van der Waals surface area contributed by atoms with Gasteiger partial charge in [-0.3, -0.25) is 4.79 Å². The third-order valence-electron chi connectivity index (χ3n) is 3.54. The molecule has 1 atom stereocenters. The Labute approximate surface area is 131 Å². The lowest BCUT2D eigenvalue weighted by Gasteiger charge is -2.15. The first-order valence-corrected chi connectivity index (χ1v) is 7.14. The van der Waals surface area contributed by atoms with Crippen LogP contribution in [-0.2, 0) is 0 Å². The normalized spacial score (nSPS) is 11.6. The van der Waals surface area contributed by atoms with Gasteiger partial charge >= 0.3 is 0 Å². The SMILES string of the molecule is COc1cc(OC)cc(C(=O)N[C@H](C)c2ccc(C)cc2)c1. The number of amides is 1. The lowest BCUT2D eigenvalue weighted by molar-refractivity contribution is 0.0939. The molecule has 116 valence electrons. The minimum Gasteiger partial charge on any atom is -0.497 e. The standard InChI is InChI=1S/C18H21NO3/c1-12-5-7-14(8-6-12)13(2)19-18(20)15-9-16(21-3)11-17(10-15)22-4/h5-11,13H,1-4H3,(H,19,20)/t13-/m1/s1. The summed E-state index contributed by atoms with van der Waals surface area (Å²) >= 11 is 0. The summed E-state index contributed by atoms with van der Waals surface area (Å²) in [5.74, 6) is 1.02. The number of rotatable bonds is 5. The Morgan fingerprint density at radius 1 is 1.00 bits per heavy atom. The molecule has 0 aliphatic rings. The Hall–Kier alpha value is -2.49. The number of hydrogen-bond donors (Lipinski definition) is 1. The molecule has 0 unspecified atom stereocenters. The third-order valence-corrected chi connectivity index (χ3v) is 3.54. The Morgan fingerprint density at radius 3 is 2.05 bits per heavy atom. The van der Waals surface area contributed by atoms with E-state index >= 15 is 0 Å². The van der Waals surface area contributed by atoms with Crippen LogP contribution < -0.4 is 14.8 Å². The van der Waals surface area contributed by atoms with Crippen LogP contribution in [-0.4, -0.2) is 20.1 Å². The molecule has 2 aromatic carbocycles. The van der Waals surface area contributed by atoms with Gasteiger partial charge in [0.05, 0.1) is 20.3 Å². The van der Waals surface area contributed by atoms with Gasteiger partial charge in [-0.2, -0.15) is 0 Å². The molecule has 2 rings (SSSR count). The van der Waals surface area contributed by atoms with Crippen LogP contribution in [0, 0.1) is 6.92 Å². The molecule has 0 radical (unpaired) electrons. The number of aryl methyl sites for hydroxylation is 1. The highest BCUT2D eigenvalue weighted by Crippen LogP contribution is 2.23. The third kappa shape index (κ3) is 3.79. The Morgan fingerprint density at radius 2 is 1.55 bits per heavy atom. The van der Waals surface area contributed by atoms with E-state index in [1.807, 2.05) is 38.1 Å². The molecule has 0 saturated heterocycles. The lowest BCUT2D eigenvalue weighted by atomic mass is 10.1. The van der Waals surface area contributed by atoms with E-state index in [9.17, 15) is 4.79 Å². The fourth-order valence-electron chi connectivity index (χ4n) is 2.16. The molecule has 1 amide bonds. The van der Waals surface area contributed by atoms with E-state index in [0.717, 1.165) is 5.56 Å². The zero-order chi connectivity index (χ0) is 16.1. The molecular formula is C18H21NO3. The van der Waals surface area contributed by atoms with Crippen molar-refractivity contribution in [2.45, 2.75) is 19.9 Å². The highest BCUT2D eigenvalue weighted by Gasteiger charge is 2.13. The van der Waals surface area contributed by atoms with E-state index in [4.69, 9.17) is 9.47 Å². The smallest absolute Gasteiger partial charge is 0.252 e. The van der Waals surface area contributed by atoms with Crippen molar-refractivity contribution in [3.63, 3.8) is 0 Å². The van der Waals surface area contributed by atoms with E-state index in [2.05, 4.69) is 5.32 Å². The maximum absolute atomic E-state index is 12.4. The first-order valence-electron chi connectivity index (χ1n) is 7.14. The summed E-state index contributed by atoms with van der Waals surface area (Å²) in [5.41, 5.74) is 2.77. The molecule has 1 N–H and O–H groups in total. The van der Waals surface area contributed by atoms with Crippen LogP contribution in [0.3, 0.4) is 0 Å². The molecule has 0 fully saturated rings. The predicted molar refractivity (Wildman–Crippen MR) is 86.6 cm³/mol. The van der Waals surface area contributed by atoms with E-state index in [-0.39, 0.29) is 11.9 Å². The number of ether oxygens (including phenoxy) is 2. The molecule has 4 heteroatoms. The number of methoxy groups -OCH3 is 2. The fourth-order valence-corrected chi connectivity index (χ4v) is 2.16. The highest BCUT2D eigenvalue weighted by atomic mass is 16.5. The van der Waals surface area contributed by atoms with Crippen molar-refractivity contribution in [1.82, 2.24) is 5.32 Å². The predicted octanol–water partition coefficient (Wildman–Crippen LogP) is 3.50. The zero-order valence-electron chi connectivity index (χ0n) is 13.3. The van der Waals surface area contributed by atoms with Crippen molar-refractivity contribution in [2.24, 2.45) is 0 Å². The van der Waals surface area contributed by atoms with Crippen molar-refractivity contribution in [3.8, 4) is 11.5 Å². The van der Waals surface area contributed by atoms with Crippen LogP contribution in [0.15, 0.2) is 42.5 Å². The summed E-state index contributed by atoms with van der Waals surface area (Å²) in [7, 11) is 3.12. The molecule has 0 spiro atoms. The minimum atomic E-state index is -0.162. The second-order valence-corrected chi connectivity index (χ2v) is 5.21. The fraction of sp³-hybridized carbons (Fsp3) is 0.278.